The van der Waals surface area contributed by atoms with Gasteiger partial charge in [0, 0.05) is 7.05 Å². The minimum atomic E-state index is -0.666. The Labute approximate surface area is 119 Å². The third kappa shape index (κ3) is 4.26. The van der Waals surface area contributed by atoms with E-state index in [1.165, 1.54) is 11.9 Å². The highest BCUT2D eigenvalue weighted by atomic mass is 16.6. The largest absolute Gasteiger partial charge is 0.445 e. The number of ether oxygens (including phenoxy) is 1. The second-order valence-corrected chi connectivity index (χ2v) is 5.24. The molecule has 1 aromatic rings. The molecule has 0 bridgehead atoms. The number of carbonyl (C=O) groups is 2. The molecule has 0 aliphatic heterocycles. The highest BCUT2D eigenvalue weighted by Crippen LogP contribution is 2.11. The first-order chi connectivity index (χ1) is 9.32. The fourth-order valence-corrected chi connectivity index (χ4v) is 2.01. The summed E-state index contributed by atoms with van der Waals surface area (Å²) in [6.45, 7) is 5.83. The van der Waals surface area contributed by atoms with Crippen LogP contribution in [0.5, 0.6) is 0 Å². The normalized spacial score (nSPS) is 12.1. The van der Waals surface area contributed by atoms with Crippen LogP contribution in [0.15, 0.2) is 24.3 Å². The van der Waals surface area contributed by atoms with Crippen LogP contribution in [0.1, 0.15) is 25.0 Å². The summed E-state index contributed by atoms with van der Waals surface area (Å²) in [5, 5.41) is 0. The van der Waals surface area contributed by atoms with E-state index in [0.717, 1.165) is 11.1 Å². The zero-order chi connectivity index (χ0) is 15.3. The smallest absolute Gasteiger partial charge is 0.410 e. The van der Waals surface area contributed by atoms with Gasteiger partial charge in [0.2, 0.25) is 5.91 Å². The molecule has 0 aromatic heterocycles. The molecule has 1 rings (SSSR count). The number of amides is 2. The fourth-order valence-electron chi connectivity index (χ4n) is 2.01. The number of primary amides is 1. The van der Waals surface area contributed by atoms with Gasteiger partial charge in [0.05, 0.1) is 0 Å². The molecule has 5 heteroatoms. The van der Waals surface area contributed by atoms with Gasteiger partial charge < -0.3 is 10.5 Å². The minimum absolute atomic E-state index is 0.0653. The van der Waals surface area contributed by atoms with Gasteiger partial charge in [0.15, 0.2) is 0 Å². The Morgan fingerprint density at radius 3 is 2.25 bits per heavy atom. The van der Waals surface area contributed by atoms with Gasteiger partial charge >= 0.3 is 6.09 Å². The quantitative estimate of drug-likeness (QED) is 0.896. The lowest BCUT2D eigenvalue weighted by atomic mass is 10.0. The first-order valence-electron chi connectivity index (χ1n) is 6.57. The molecule has 1 aromatic carbocycles. The second-order valence-electron chi connectivity index (χ2n) is 5.24. The molecule has 2 amide bonds. The maximum atomic E-state index is 11.9. The molecule has 2 N–H and O–H groups in total. The first kappa shape index (κ1) is 16.0. The van der Waals surface area contributed by atoms with Crippen LogP contribution in [0.4, 0.5) is 4.79 Å². The lowest BCUT2D eigenvalue weighted by Gasteiger charge is -2.27. The van der Waals surface area contributed by atoms with E-state index in [1.807, 2.05) is 45.0 Å². The molecule has 0 saturated carbocycles. The average molecular weight is 278 g/mol. The molecular formula is C15H22N2O3. The van der Waals surface area contributed by atoms with E-state index < -0.39 is 18.0 Å². The molecule has 20 heavy (non-hydrogen) atoms. The highest BCUT2D eigenvalue weighted by Gasteiger charge is 2.28. The van der Waals surface area contributed by atoms with Gasteiger partial charge in [-0.15, -0.1) is 0 Å². The summed E-state index contributed by atoms with van der Waals surface area (Å²) < 4.78 is 5.19. The molecule has 1 atom stereocenters. The number of hydrogen-bond donors (Lipinski definition) is 1. The third-order valence-corrected chi connectivity index (χ3v) is 3.11. The minimum Gasteiger partial charge on any atom is -0.445 e. The Hall–Kier alpha value is -2.04. The molecule has 0 fully saturated rings. The summed E-state index contributed by atoms with van der Waals surface area (Å²) in [4.78, 5) is 24.6. The molecule has 0 radical (unpaired) electrons. The molecule has 5 nitrogen and oxygen atoms in total. The lowest BCUT2D eigenvalue weighted by Crippen LogP contribution is -2.48. The number of carbonyl (C=O) groups excluding carboxylic acids is 2. The number of nitrogens with two attached hydrogens (primary N) is 1. The second kappa shape index (κ2) is 6.93. The van der Waals surface area contributed by atoms with E-state index in [-0.39, 0.29) is 12.5 Å². The number of nitrogens with zero attached hydrogens (tertiary/aromatic N) is 1. The monoisotopic (exact) mass is 278 g/mol. The fraction of sp³-hybridized carbons (Fsp3) is 0.467. The van der Waals surface area contributed by atoms with Gasteiger partial charge in [0.1, 0.15) is 12.6 Å². The summed E-state index contributed by atoms with van der Waals surface area (Å²) in [6, 6.07) is 7.04. The number of aryl methyl sites for hydroxylation is 1. The van der Waals surface area contributed by atoms with Crippen LogP contribution >= 0.6 is 0 Å². The van der Waals surface area contributed by atoms with Gasteiger partial charge in [-0.25, -0.2) is 4.79 Å². The van der Waals surface area contributed by atoms with E-state index in [1.54, 1.807) is 0 Å². The van der Waals surface area contributed by atoms with Crippen molar-refractivity contribution in [3.05, 3.63) is 35.4 Å². The van der Waals surface area contributed by atoms with Crippen molar-refractivity contribution < 1.29 is 14.3 Å². The standard InChI is InChI=1S/C15H22N2O3/c1-10(2)13(14(16)18)17(4)15(19)20-9-12-7-5-11(3)6-8-12/h5-8,10,13H,9H2,1-4H3,(H2,16,18)/t13-/m0/s1. The molecule has 0 heterocycles. The van der Waals surface area contributed by atoms with Gasteiger partial charge in [-0.1, -0.05) is 43.7 Å². The molecule has 0 aliphatic rings. The summed E-state index contributed by atoms with van der Waals surface area (Å²) in [6.07, 6.45) is -0.553. The number of benzene rings is 1. The Bertz CT molecular complexity index is 469. The van der Waals surface area contributed by atoms with Crippen LogP contribution < -0.4 is 5.73 Å². The molecule has 0 aliphatic carbocycles. The molecule has 110 valence electrons. The van der Waals surface area contributed by atoms with Crippen molar-refractivity contribution in [3.63, 3.8) is 0 Å². The van der Waals surface area contributed by atoms with Crippen molar-refractivity contribution >= 4 is 12.0 Å². The Kier molecular flexibility index (Phi) is 5.55. The van der Waals surface area contributed by atoms with E-state index in [0.29, 0.717) is 0 Å². The maximum absolute atomic E-state index is 11.9. The molecule has 0 unspecified atom stereocenters. The summed E-state index contributed by atoms with van der Waals surface area (Å²) in [5.41, 5.74) is 7.36. The molecule has 0 spiro atoms. The molecular weight excluding hydrogens is 256 g/mol. The number of rotatable bonds is 5. The summed E-state index contributed by atoms with van der Waals surface area (Å²) in [7, 11) is 1.52. The Balaban J connectivity index is 2.61. The lowest BCUT2D eigenvalue weighted by molar-refractivity contribution is -0.123. The van der Waals surface area contributed by atoms with Crippen molar-refractivity contribution in [2.75, 3.05) is 7.05 Å². The van der Waals surface area contributed by atoms with Crippen LogP contribution in [0, 0.1) is 12.8 Å². The predicted octanol–water partition coefficient (Wildman–Crippen LogP) is 2.07. The predicted molar refractivity (Wildman–Crippen MR) is 76.9 cm³/mol. The SMILES string of the molecule is Cc1ccc(COC(=O)N(C)[C@H](C(N)=O)C(C)C)cc1. The van der Waals surface area contributed by atoms with E-state index in [9.17, 15) is 9.59 Å². The highest BCUT2D eigenvalue weighted by molar-refractivity contribution is 5.84. The molecule has 0 saturated heterocycles. The maximum Gasteiger partial charge on any atom is 0.410 e. The van der Waals surface area contributed by atoms with Crippen LogP contribution in [0.3, 0.4) is 0 Å². The zero-order valence-corrected chi connectivity index (χ0v) is 12.4. The summed E-state index contributed by atoms with van der Waals surface area (Å²) in [5.74, 6) is -0.598. The van der Waals surface area contributed by atoms with Gasteiger partial charge in [-0.3, -0.25) is 9.69 Å². The van der Waals surface area contributed by atoms with Crippen LogP contribution in [0.25, 0.3) is 0 Å². The van der Waals surface area contributed by atoms with Crippen LogP contribution in [-0.2, 0) is 16.1 Å². The van der Waals surface area contributed by atoms with Crippen LogP contribution in [0.2, 0.25) is 0 Å². The van der Waals surface area contributed by atoms with Crippen molar-refractivity contribution in [3.8, 4) is 0 Å². The third-order valence-electron chi connectivity index (χ3n) is 3.11. The Morgan fingerprint density at radius 1 is 1.25 bits per heavy atom. The van der Waals surface area contributed by atoms with Crippen molar-refractivity contribution in [2.45, 2.75) is 33.4 Å². The topological polar surface area (TPSA) is 72.6 Å². The number of likely N-dealkylation sites (N-methyl/N-ethyl adjacent to an activating group) is 1. The van der Waals surface area contributed by atoms with Crippen molar-refractivity contribution in [1.29, 1.82) is 0 Å². The average Bonchev–Trinajstić information content (AvgIpc) is 2.36. The van der Waals surface area contributed by atoms with Crippen molar-refractivity contribution in [1.82, 2.24) is 4.90 Å². The number of hydrogen-bond acceptors (Lipinski definition) is 3. The van der Waals surface area contributed by atoms with E-state index >= 15 is 0 Å². The zero-order valence-electron chi connectivity index (χ0n) is 12.4. The van der Waals surface area contributed by atoms with Crippen molar-refractivity contribution in [2.24, 2.45) is 11.7 Å². The van der Waals surface area contributed by atoms with Crippen LogP contribution in [-0.4, -0.2) is 30.0 Å². The van der Waals surface area contributed by atoms with E-state index in [4.69, 9.17) is 10.5 Å². The first-order valence-corrected chi connectivity index (χ1v) is 6.57. The van der Waals surface area contributed by atoms with Gasteiger partial charge in [0.25, 0.3) is 0 Å². The Morgan fingerprint density at radius 2 is 1.80 bits per heavy atom. The summed E-state index contributed by atoms with van der Waals surface area (Å²) >= 11 is 0. The van der Waals surface area contributed by atoms with E-state index in [2.05, 4.69) is 0 Å². The van der Waals surface area contributed by atoms with Gasteiger partial charge in [-0.2, -0.15) is 0 Å². The van der Waals surface area contributed by atoms with Gasteiger partial charge in [-0.05, 0) is 18.4 Å².